The molecule has 0 saturated heterocycles. The molecular weight excluding hydrogens is 184 g/mol. The first-order chi connectivity index (χ1) is 7.24. The third kappa shape index (κ3) is 1.98. The Balaban J connectivity index is 2.27. The zero-order valence-electron chi connectivity index (χ0n) is 9.46. The molecule has 1 N–H and O–H groups in total. The lowest BCUT2D eigenvalue weighted by molar-refractivity contribution is 0.205. The molecule has 0 radical (unpaired) electrons. The van der Waals surface area contributed by atoms with Crippen molar-refractivity contribution in [3.8, 4) is 0 Å². The van der Waals surface area contributed by atoms with E-state index < -0.39 is 0 Å². The van der Waals surface area contributed by atoms with E-state index in [4.69, 9.17) is 0 Å². The first kappa shape index (κ1) is 10.4. The van der Waals surface area contributed by atoms with E-state index in [9.17, 15) is 5.11 Å². The Hall–Kier alpha value is -1.08. The SMILES string of the molecule is CCc1ccc2c(c1)C=C([C@@H](O)CC)C2. The van der Waals surface area contributed by atoms with Crippen molar-refractivity contribution in [3.05, 3.63) is 40.5 Å². The van der Waals surface area contributed by atoms with Gasteiger partial charge in [-0.25, -0.2) is 0 Å². The monoisotopic (exact) mass is 202 g/mol. The van der Waals surface area contributed by atoms with Gasteiger partial charge in [0.25, 0.3) is 0 Å². The maximum Gasteiger partial charge on any atom is 0.0754 e. The van der Waals surface area contributed by atoms with Gasteiger partial charge in [0, 0.05) is 0 Å². The van der Waals surface area contributed by atoms with Crippen LogP contribution in [-0.2, 0) is 12.8 Å². The van der Waals surface area contributed by atoms with E-state index in [0.29, 0.717) is 0 Å². The predicted molar refractivity (Wildman–Crippen MR) is 63.8 cm³/mol. The fourth-order valence-corrected chi connectivity index (χ4v) is 2.11. The van der Waals surface area contributed by atoms with Crippen LogP contribution in [-0.4, -0.2) is 11.2 Å². The van der Waals surface area contributed by atoms with Crippen molar-refractivity contribution < 1.29 is 5.11 Å². The molecule has 2 rings (SSSR count). The molecule has 1 nitrogen and oxygen atoms in total. The number of rotatable bonds is 3. The van der Waals surface area contributed by atoms with E-state index in [-0.39, 0.29) is 6.10 Å². The molecule has 0 unspecified atom stereocenters. The summed E-state index contributed by atoms with van der Waals surface area (Å²) in [4.78, 5) is 0. The zero-order chi connectivity index (χ0) is 10.8. The molecule has 1 aromatic rings. The highest BCUT2D eigenvalue weighted by atomic mass is 16.3. The molecule has 0 fully saturated rings. The number of aryl methyl sites for hydroxylation is 1. The molecule has 0 heterocycles. The molecule has 0 amide bonds. The lowest BCUT2D eigenvalue weighted by Gasteiger charge is -2.07. The van der Waals surface area contributed by atoms with E-state index in [2.05, 4.69) is 31.2 Å². The molecule has 1 aliphatic carbocycles. The molecule has 1 aromatic carbocycles. The summed E-state index contributed by atoms with van der Waals surface area (Å²) in [6, 6.07) is 6.62. The van der Waals surface area contributed by atoms with Crippen molar-refractivity contribution in [3.63, 3.8) is 0 Å². The molecule has 1 atom stereocenters. The fraction of sp³-hybridized carbons (Fsp3) is 0.429. The van der Waals surface area contributed by atoms with Gasteiger partial charge in [-0.05, 0) is 41.5 Å². The summed E-state index contributed by atoms with van der Waals surface area (Å²) >= 11 is 0. The summed E-state index contributed by atoms with van der Waals surface area (Å²) in [5.74, 6) is 0. The predicted octanol–water partition coefficient (Wildman–Crippen LogP) is 2.96. The van der Waals surface area contributed by atoms with Crippen LogP contribution in [0, 0.1) is 0 Å². The number of hydrogen-bond donors (Lipinski definition) is 1. The number of benzene rings is 1. The summed E-state index contributed by atoms with van der Waals surface area (Å²) in [5.41, 5.74) is 5.20. The van der Waals surface area contributed by atoms with Crippen LogP contribution in [0.25, 0.3) is 6.08 Å². The summed E-state index contributed by atoms with van der Waals surface area (Å²) in [7, 11) is 0. The average Bonchev–Trinajstić information content (AvgIpc) is 2.70. The van der Waals surface area contributed by atoms with Gasteiger partial charge in [-0.1, -0.05) is 38.1 Å². The summed E-state index contributed by atoms with van der Waals surface area (Å²) in [6.45, 7) is 4.19. The van der Waals surface area contributed by atoms with Crippen LogP contribution < -0.4 is 0 Å². The van der Waals surface area contributed by atoms with Crippen LogP contribution in [0.5, 0.6) is 0 Å². The molecule has 0 spiro atoms. The van der Waals surface area contributed by atoms with Gasteiger partial charge in [0.05, 0.1) is 6.10 Å². The highest BCUT2D eigenvalue weighted by Gasteiger charge is 2.17. The van der Waals surface area contributed by atoms with Gasteiger partial charge in [-0.3, -0.25) is 0 Å². The second-order valence-electron chi connectivity index (χ2n) is 4.21. The number of aliphatic hydroxyl groups is 1. The van der Waals surface area contributed by atoms with Gasteiger partial charge < -0.3 is 5.11 Å². The highest BCUT2D eigenvalue weighted by molar-refractivity contribution is 5.65. The smallest absolute Gasteiger partial charge is 0.0754 e. The van der Waals surface area contributed by atoms with Crippen molar-refractivity contribution >= 4 is 6.08 Å². The number of aliphatic hydroxyl groups excluding tert-OH is 1. The van der Waals surface area contributed by atoms with E-state index >= 15 is 0 Å². The third-order valence-corrected chi connectivity index (χ3v) is 3.17. The Morgan fingerprint density at radius 1 is 1.33 bits per heavy atom. The second-order valence-corrected chi connectivity index (χ2v) is 4.21. The lowest BCUT2D eigenvalue weighted by atomic mass is 10.0. The summed E-state index contributed by atoms with van der Waals surface area (Å²) in [6.07, 6.45) is 4.70. The first-order valence-corrected chi connectivity index (χ1v) is 5.75. The standard InChI is InChI=1S/C14H18O/c1-3-10-5-6-11-8-13(14(15)4-2)9-12(11)7-10/h5-7,9,14-15H,3-4,8H2,1-2H3/t14-/m0/s1. The largest absolute Gasteiger partial charge is 0.389 e. The first-order valence-electron chi connectivity index (χ1n) is 5.75. The van der Waals surface area contributed by atoms with Crippen molar-refractivity contribution in [2.24, 2.45) is 0 Å². The van der Waals surface area contributed by atoms with Crippen molar-refractivity contribution in [2.45, 2.75) is 39.2 Å². The normalized spacial score (nSPS) is 16.1. The Kier molecular flexibility index (Phi) is 2.92. The molecule has 1 aliphatic rings. The minimum Gasteiger partial charge on any atom is -0.389 e. The molecule has 0 aromatic heterocycles. The van der Waals surface area contributed by atoms with Crippen LogP contribution in [0.2, 0.25) is 0 Å². The van der Waals surface area contributed by atoms with E-state index in [1.54, 1.807) is 0 Å². The number of hydrogen-bond acceptors (Lipinski definition) is 1. The Labute approximate surface area is 91.4 Å². The van der Waals surface area contributed by atoms with Crippen molar-refractivity contribution in [1.29, 1.82) is 0 Å². The van der Waals surface area contributed by atoms with Crippen LogP contribution in [0.4, 0.5) is 0 Å². The van der Waals surface area contributed by atoms with Crippen LogP contribution in [0.15, 0.2) is 23.8 Å². The maximum absolute atomic E-state index is 9.79. The van der Waals surface area contributed by atoms with Crippen LogP contribution >= 0.6 is 0 Å². The molecule has 80 valence electrons. The highest BCUT2D eigenvalue weighted by Crippen LogP contribution is 2.28. The Morgan fingerprint density at radius 2 is 2.13 bits per heavy atom. The number of fused-ring (bicyclic) bond motifs is 1. The second kappa shape index (κ2) is 4.19. The van der Waals surface area contributed by atoms with Gasteiger partial charge in [0.1, 0.15) is 0 Å². The van der Waals surface area contributed by atoms with Gasteiger partial charge in [-0.15, -0.1) is 0 Å². The van der Waals surface area contributed by atoms with Gasteiger partial charge in [0.2, 0.25) is 0 Å². The molecule has 15 heavy (non-hydrogen) atoms. The molecule has 1 heteroatoms. The quantitative estimate of drug-likeness (QED) is 0.799. The average molecular weight is 202 g/mol. The minimum atomic E-state index is -0.262. The van der Waals surface area contributed by atoms with E-state index in [1.165, 1.54) is 22.3 Å². The molecule has 0 saturated carbocycles. The lowest BCUT2D eigenvalue weighted by Crippen LogP contribution is -2.07. The van der Waals surface area contributed by atoms with E-state index in [1.807, 2.05) is 6.92 Å². The van der Waals surface area contributed by atoms with Crippen LogP contribution in [0.1, 0.15) is 37.0 Å². The minimum absolute atomic E-state index is 0.262. The third-order valence-electron chi connectivity index (χ3n) is 3.17. The van der Waals surface area contributed by atoms with Gasteiger partial charge in [0.15, 0.2) is 0 Å². The molecule has 0 bridgehead atoms. The molecular formula is C14H18O. The van der Waals surface area contributed by atoms with Crippen molar-refractivity contribution in [1.82, 2.24) is 0 Å². The summed E-state index contributed by atoms with van der Waals surface area (Å²) in [5, 5.41) is 9.79. The van der Waals surface area contributed by atoms with Crippen LogP contribution in [0.3, 0.4) is 0 Å². The Morgan fingerprint density at radius 3 is 2.80 bits per heavy atom. The summed E-state index contributed by atoms with van der Waals surface area (Å²) < 4.78 is 0. The maximum atomic E-state index is 9.79. The van der Waals surface area contributed by atoms with Crippen molar-refractivity contribution in [2.75, 3.05) is 0 Å². The topological polar surface area (TPSA) is 20.2 Å². The van der Waals surface area contributed by atoms with Gasteiger partial charge >= 0.3 is 0 Å². The Bertz CT molecular complexity index is 390. The van der Waals surface area contributed by atoms with Gasteiger partial charge in [-0.2, -0.15) is 0 Å². The fourth-order valence-electron chi connectivity index (χ4n) is 2.11. The van der Waals surface area contributed by atoms with E-state index in [0.717, 1.165) is 19.3 Å². The zero-order valence-corrected chi connectivity index (χ0v) is 9.46. The molecule has 0 aliphatic heterocycles.